The predicted octanol–water partition coefficient (Wildman–Crippen LogP) is 2.67. The molecule has 0 aliphatic rings. The topological polar surface area (TPSA) is 74.1 Å². The van der Waals surface area contributed by atoms with Crippen molar-refractivity contribution >= 4 is 17.9 Å². The number of anilines is 1. The van der Waals surface area contributed by atoms with Crippen molar-refractivity contribution in [3.05, 3.63) is 39.6 Å². The van der Waals surface area contributed by atoms with Gasteiger partial charge in [0.15, 0.2) is 0 Å². The van der Waals surface area contributed by atoms with Crippen molar-refractivity contribution in [2.45, 2.75) is 33.3 Å². The maximum atomic E-state index is 10.00. The summed E-state index contributed by atoms with van der Waals surface area (Å²) in [5.74, 6) is 0.418. The molecule has 0 spiro atoms. The second kappa shape index (κ2) is 6.19. The maximum Gasteiger partial charge on any atom is 0.284 e. The van der Waals surface area contributed by atoms with E-state index in [9.17, 15) is 5.11 Å². The van der Waals surface area contributed by atoms with Gasteiger partial charge in [-0.1, -0.05) is 17.7 Å². The number of rotatable bonds is 5. The first kappa shape index (κ1) is 14.7. The summed E-state index contributed by atoms with van der Waals surface area (Å²) in [6, 6.07) is 4.24. The number of benzene rings is 1. The lowest BCUT2D eigenvalue weighted by molar-refractivity contribution is 0.178. The number of nitrogens with zero attached hydrogens (tertiary/aromatic N) is 1. The first-order valence-corrected chi connectivity index (χ1v) is 6.90. The highest BCUT2D eigenvalue weighted by Crippen LogP contribution is 2.21. The molecule has 1 aromatic heterocycles. The molecular weight excluding hydrogens is 274 g/mol. The van der Waals surface area contributed by atoms with E-state index < -0.39 is 6.10 Å². The Bertz CT molecular complexity index is 625. The number of aliphatic hydroxyl groups excluding tert-OH is 1. The van der Waals surface area contributed by atoms with Gasteiger partial charge in [-0.05, 0) is 44.1 Å². The Kier molecular flexibility index (Phi) is 4.57. The third kappa shape index (κ3) is 3.68. The van der Waals surface area contributed by atoms with Crippen LogP contribution in [0.4, 0.5) is 5.69 Å². The molecule has 1 heterocycles. The molecule has 0 aliphatic heterocycles. The molecule has 2 aromatic rings. The van der Waals surface area contributed by atoms with Crippen molar-refractivity contribution in [1.29, 1.82) is 0 Å². The normalized spacial score (nSPS) is 12.4. The van der Waals surface area contributed by atoms with Gasteiger partial charge < -0.3 is 14.8 Å². The van der Waals surface area contributed by atoms with E-state index in [4.69, 9.17) is 16.6 Å². The summed E-state index contributed by atoms with van der Waals surface area (Å²) in [5.41, 5.74) is 4.65. The number of H-pyrrole nitrogens is 1. The summed E-state index contributed by atoms with van der Waals surface area (Å²) < 4.78 is 5.13. The van der Waals surface area contributed by atoms with Gasteiger partial charge in [-0.25, -0.2) is 5.10 Å². The molecule has 0 saturated carbocycles. The Morgan fingerprint density at radius 2 is 2.00 bits per heavy atom. The van der Waals surface area contributed by atoms with Crippen LogP contribution in [0.1, 0.15) is 22.6 Å². The molecule has 1 unspecified atom stereocenters. The van der Waals surface area contributed by atoms with Gasteiger partial charge in [0.2, 0.25) is 5.89 Å². The lowest BCUT2D eigenvalue weighted by Gasteiger charge is -2.16. The summed E-state index contributed by atoms with van der Waals surface area (Å²) in [4.78, 5) is 0.227. The molecule has 20 heavy (non-hydrogen) atoms. The summed E-state index contributed by atoms with van der Waals surface area (Å²) in [7, 11) is 0. The molecule has 0 bridgehead atoms. The fourth-order valence-electron chi connectivity index (χ4n) is 2.30. The first-order valence-electron chi connectivity index (χ1n) is 6.50. The largest absolute Gasteiger partial charge is 0.414 e. The van der Waals surface area contributed by atoms with Crippen molar-refractivity contribution in [1.82, 2.24) is 10.2 Å². The second-order valence-electron chi connectivity index (χ2n) is 5.02. The molecule has 0 radical (unpaired) electrons. The van der Waals surface area contributed by atoms with E-state index in [2.05, 4.69) is 48.4 Å². The van der Waals surface area contributed by atoms with Crippen LogP contribution in [-0.4, -0.2) is 28.0 Å². The highest BCUT2D eigenvalue weighted by Gasteiger charge is 2.11. The molecule has 0 aliphatic carbocycles. The van der Waals surface area contributed by atoms with Gasteiger partial charge in [0.1, 0.15) is 0 Å². The van der Waals surface area contributed by atoms with Gasteiger partial charge in [-0.3, -0.25) is 0 Å². The molecule has 108 valence electrons. The van der Waals surface area contributed by atoms with E-state index in [1.54, 1.807) is 0 Å². The van der Waals surface area contributed by atoms with Gasteiger partial charge in [0.05, 0.1) is 12.5 Å². The predicted molar refractivity (Wildman–Crippen MR) is 80.5 cm³/mol. The molecule has 0 saturated heterocycles. The third-order valence-electron chi connectivity index (χ3n) is 3.08. The fraction of sp³-hybridized carbons (Fsp3) is 0.429. The monoisotopic (exact) mass is 293 g/mol. The number of aromatic amines is 1. The van der Waals surface area contributed by atoms with Gasteiger partial charge >= 0.3 is 0 Å². The fourth-order valence-corrected chi connectivity index (χ4v) is 2.44. The van der Waals surface area contributed by atoms with Gasteiger partial charge in [0.25, 0.3) is 4.84 Å². The zero-order valence-corrected chi connectivity index (χ0v) is 12.7. The van der Waals surface area contributed by atoms with Crippen LogP contribution in [0, 0.1) is 25.6 Å². The van der Waals surface area contributed by atoms with Gasteiger partial charge in [0, 0.05) is 12.2 Å². The third-order valence-corrected chi connectivity index (χ3v) is 3.26. The van der Waals surface area contributed by atoms with Crippen LogP contribution in [0.3, 0.4) is 0 Å². The Morgan fingerprint density at radius 1 is 1.35 bits per heavy atom. The smallest absolute Gasteiger partial charge is 0.284 e. The van der Waals surface area contributed by atoms with Crippen LogP contribution < -0.4 is 5.32 Å². The minimum absolute atomic E-state index is 0.227. The molecule has 5 nitrogen and oxygen atoms in total. The first-order chi connectivity index (χ1) is 9.45. The SMILES string of the molecule is Cc1cc(C)c(NCC(O)Cc2n[nH]c(=S)o2)c(C)c1. The number of hydrogen-bond acceptors (Lipinski definition) is 5. The molecule has 1 aromatic carbocycles. The van der Waals surface area contributed by atoms with Gasteiger partial charge in [-0.2, -0.15) is 0 Å². The minimum Gasteiger partial charge on any atom is -0.414 e. The van der Waals surface area contributed by atoms with Crippen LogP contribution in [0.25, 0.3) is 0 Å². The van der Waals surface area contributed by atoms with Gasteiger partial charge in [-0.15, -0.1) is 5.10 Å². The Balaban J connectivity index is 1.96. The Morgan fingerprint density at radius 3 is 2.55 bits per heavy atom. The Hall–Kier alpha value is -1.66. The minimum atomic E-state index is -0.587. The molecular formula is C14H19N3O2S. The van der Waals surface area contributed by atoms with E-state index >= 15 is 0 Å². The van der Waals surface area contributed by atoms with E-state index in [0.717, 1.165) is 5.69 Å². The van der Waals surface area contributed by atoms with Crippen LogP contribution in [-0.2, 0) is 6.42 Å². The van der Waals surface area contributed by atoms with Crippen LogP contribution in [0.2, 0.25) is 0 Å². The van der Waals surface area contributed by atoms with E-state index in [1.165, 1.54) is 16.7 Å². The van der Waals surface area contributed by atoms with E-state index in [0.29, 0.717) is 18.9 Å². The van der Waals surface area contributed by atoms with Crippen molar-refractivity contribution in [3.63, 3.8) is 0 Å². The number of aromatic nitrogens is 2. The van der Waals surface area contributed by atoms with Crippen LogP contribution >= 0.6 is 12.2 Å². The molecule has 2 rings (SSSR count). The molecule has 0 fully saturated rings. The summed E-state index contributed by atoms with van der Waals surface area (Å²) in [5, 5.41) is 19.7. The number of aliphatic hydroxyl groups is 1. The summed E-state index contributed by atoms with van der Waals surface area (Å²) >= 11 is 4.79. The van der Waals surface area contributed by atoms with Crippen molar-refractivity contribution < 1.29 is 9.52 Å². The van der Waals surface area contributed by atoms with Crippen molar-refractivity contribution in [2.24, 2.45) is 0 Å². The quantitative estimate of drug-likeness (QED) is 0.739. The number of nitrogens with one attached hydrogen (secondary N) is 2. The van der Waals surface area contributed by atoms with E-state index in [1.807, 2.05) is 0 Å². The average molecular weight is 293 g/mol. The molecule has 0 amide bonds. The Labute approximate surface area is 123 Å². The van der Waals surface area contributed by atoms with Crippen LogP contribution in [0.5, 0.6) is 0 Å². The summed E-state index contributed by atoms with van der Waals surface area (Å²) in [6.45, 7) is 6.62. The maximum absolute atomic E-state index is 10.00. The molecule has 3 N–H and O–H groups in total. The number of hydrogen-bond donors (Lipinski definition) is 3. The zero-order valence-electron chi connectivity index (χ0n) is 11.9. The standard InChI is InChI=1S/C14H19N3O2S/c1-8-4-9(2)13(10(3)5-8)15-7-11(18)6-12-16-17-14(20)19-12/h4-5,11,15,18H,6-7H2,1-3H3,(H,17,20). The van der Waals surface area contributed by atoms with Crippen molar-refractivity contribution in [2.75, 3.05) is 11.9 Å². The average Bonchev–Trinajstić information content (AvgIpc) is 2.73. The highest BCUT2D eigenvalue weighted by molar-refractivity contribution is 7.71. The second-order valence-corrected chi connectivity index (χ2v) is 5.39. The van der Waals surface area contributed by atoms with Crippen molar-refractivity contribution in [3.8, 4) is 0 Å². The lowest BCUT2D eigenvalue weighted by atomic mass is 10.0. The summed E-state index contributed by atoms with van der Waals surface area (Å²) in [6.07, 6.45) is -0.263. The zero-order chi connectivity index (χ0) is 14.7. The number of aryl methyl sites for hydroxylation is 3. The van der Waals surface area contributed by atoms with E-state index in [-0.39, 0.29) is 4.84 Å². The molecule has 6 heteroatoms. The highest BCUT2D eigenvalue weighted by atomic mass is 32.1. The molecule has 1 atom stereocenters. The lowest BCUT2D eigenvalue weighted by Crippen LogP contribution is -2.22. The van der Waals surface area contributed by atoms with Crippen LogP contribution in [0.15, 0.2) is 16.5 Å².